The Kier molecular flexibility index (Phi) is 9.28. The van der Waals surface area contributed by atoms with Crippen molar-refractivity contribution in [1.29, 1.82) is 0 Å². The van der Waals surface area contributed by atoms with Gasteiger partial charge in [-0.1, -0.05) is 36.4 Å². The van der Waals surface area contributed by atoms with Gasteiger partial charge in [-0.15, -0.1) is 0 Å². The second kappa shape index (κ2) is 12.8. The minimum absolute atomic E-state index is 0.188. The van der Waals surface area contributed by atoms with Crippen LogP contribution in [-0.2, 0) is 16.1 Å². The van der Waals surface area contributed by atoms with Crippen LogP contribution in [0.5, 0.6) is 11.5 Å². The predicted octanol–water partition coefficient (Wildman–Crippen LogP) is 4.16. The van der Waals surface area contributed by atoms with Crippen molar-refractivity contribution in [2.75, 3.05) is 38.3 Å². The second-order valence-electron chi connectivity index (χ2n) is 7.44. The van der Waals surface area contributed by atoms with Gasteiger partial charge in [0.25, 0.3) is 0 Å². The van der Waals surface area contributed by atoms with Crippen LogP contribution in [0.1, 0.15) is 12.5 Å². The van der Waals surface area contributed by atoms with Crippen LogP contribution >= 0.6 is 0 Å². The topological polar surface area (TPSA) is 81.2 Å². The fraction of sp³-hybridized carbons (Fsp3) is 0.269. The van der Waals surface area contributed by atoms with Gasteiger partial charge in [0, 0.05) is 19.8 Å². The van der Waals surface area contributed by atoms with E-state index >= 15 is 0 Å². The van der Waals surface area contributed by atoms with E-state index in [0.717, 1.165) is 11.4 Å². The summed E-state index contributed by atoms with van der Waals surface area (Å²) in [7, 11) is 1.96. The molecule has 0 aliphatic heterocycles. The van der Waals surface area contributed by atoms with Gasteiger partial charge in [0.2, 0.25) is 0 Å². The van der Waals surface area contributed by atoms with Gasteiger partial charge < -0.3 is 19.1 Å². The van der Waals surface area contributed by atoms with Crippen LogP contribution in [-0.4, -0.2) is 55.3 Å². The number of esters is 1. The molecule has 8 nitrogen and oxygen atoms in total. The van der Waals surface area contributed by atoms with Gasteiger partial charge in [-0.3, -0.25) is 9.69 Å². The lowest BCUT2D eigenvalue weighted by Gasteiger charge is -2.21. The monoisotopic (exact) mass is 463 g/mol. The molecule has 0 unspecified atom stereocenters. The van der Waals surface area contributed by atoms with Crippen LogP contribution in [0.2, 0.25) is 0 Å². The van der Waals surface area contributed by atoms with Crippen LogP contribution in [0.3, 0.4) is 0 Å². The molecule has 3 aromatic rings. The summed E-state index contributed by atoms with van der Waals surface area (Å²) in [5.74, 6) is 1.50. The number of carbonyl (C=O) groups excluding carboxylic acids is 2. The van der Waals surface area contributed by atoms with E-state index in [1.807, 2.05) is 60.5 Å². The number of carbonyl (C=O) groups is 2. The first-order valence-electron chi connectivity index (χ1n) is 11.1. The molecular formula is C26H29N3O5. The summed E-state index contributed by atoms with van der Waals surface area (Å²) in [6.07, 6.45) is 1.13. The molecule has 0 saturated carbocycles. The smallest absolute Gasteiger partial charge is 0.416 e. The van der Waals surface area contributed by atoms with E-state index in [1.54, 1.807) is 37.4 Å². The van der Waals surface area contributed by atoms with Crippen LogP contribution in [0.4, 0.5) is 10.6 Å². The van der Waals surface area contributed by atoms with Crippen molar-refractivity contribution in [3.8, 4) is 11.5 Å². The standard InChI is InChI=1S/C26H29N3O5/c1-3-32-25(30)20-29(26(31)34-23-9-5-4-6-10-23)19-21-12-14-22(15-13-21)33-18-17-28(2)24-11-7-8-16-27-24/h4-16H,3,17-20H2,1-2H3. The van der Waals surface area contributed by atoms with Gasteiger partial charge in [-0.2, -0.15) is 0 Å². The molecule has 2 aromatic carbocycles. The summed E-state index contributed by atoms with van der Waals surface area (Å²) >= 11 is 0. The zero-order valence-electron chi connectivity index (χ0n) is 19.4. The highest BCUT2D eigenvalue weighted by atomic mass is 16.6. The molecule has 0 radical (unpaired) electrons. The SMILES string of the molecule is CCOC(=O)CN(Cc1ccc(OCCN(C)c2ccccn2)cc1)C(=O)Oc1ccccc1. The number of nitrogens with zero attached hydrogens (tertiary/aromatic N) is 3. The minimum atomic E-state index is -0.628. The molecule has 0 fully saturated rings. The summed E-state index contributed by atoms with van der Waals surface area (Å²) in [6.45, 7) is 3.10. The third-order valence-corrected chi connectivity index (χ3v) is 4.86. The predicted molar refractivity (Wildman–Crippen MR) is 129 cm³/mol. The van der Waals surface area contributed by atoms with Crippen LogP contribution in [0.15, 0.2) is 79.0 Å². The Balaban J connectivity index is 1.56. The summed E-state index contributed by atoms with van der Waals surface area (Å²) in [4.78, 5) is 32.4. The molecule has 0 aliphatic rings. The number of rotatable bonds is 11. The lowest BCUT2D eigenvalue weighted by Crippen LogP contribution is -2.38. The molecule has 1 aromatic heterocycles. The second-order valence-corrected chi connectivity index (χ2v) is 7.44. The average molecular weight is 464 g/mol. The summed E-state index contributed by atoms with van der Waals surface area (Å²) in [5.41, 5.74) is 0.826. The first kappa shape index (κ1) is 24.6. The Morgan fingerprint density at radius 3 is 2.32 bits per heavy atom. The van der Waals surface area contributed by atoms with Gasteiger partial charge in [0.05, 0.1) is 13.2 Å². The zero-order valence-corrected chi connectivity index (χ0v) is 19.4. The van der Waals surface area contributed by atoms with Crippen molar-refractivity contribution < 1.29 is 23.8 Å². The Bertz CT molecular complexity index is 1030. The number of ether oxygens (including phenoxy) is 3. The third kappa shape index (κ3) is 7.81. The van der Waals surface area contributed by atoms with Crippen molar-refractivity contribution in [1.82, 2.24) is 9.88 Å². The zero-order chi connectivity index (χ0) is 24.2. The highest BCUT2D eigenvalue weighted by Crippen LogP contribution is 2.16. The van der Waals surface area contributed by atoms with Crippen LogP contribution < -0.4 is 14.4 Å². The maximum atomic E-state index is 12.7. The number of para-hydroxylation sites is 1. The number of likely N-dealkylation sites (N-methyl/N-ethyl adjacent to an activating group) is 1. The van der Waals surface area contributed by atoms with E-state index in [0.29, 0.717) is 24.7 Å². The van der Waals surface area contributed by atoms with Crippen LogP contribution in [0, 0.1) is 0 Å². The van der Waals surface area contributed by atoms with Gasteiger partial charge in [-0.25, -0.2) is 9.78 Å². The Morgan fingerprint density at radius 1 is 0.912 bits per heavy atom. The quantitative estimate of drug-likeness (QED) is 0.395. The molecule has 0 saturated heterocycles. The summed E-state index contributed by atoms with van der Waals surface area (Å²) in [5, 5.41) is 0. The molecule has 0 spiro atoms. The van der Waals surface area contributed by atoms with Gasteiger partial charge in [0.1, 0.15) is 30.5 Å². The largest absolute Gasteiger partial charge is 0.492 e. The first-order valence-corrected chi connectivity index (χ1v) is 11.1. The van der Waals surface area contributed by atoms with Crippen molar-refractivity contribution in [2.45, 2.75) is 13.5 Å². The number of anilines is 1. The Hall–Kier alpha value is -4.07. The molecule has 0 aliphatic carbocycles. The number of hydrogen-bond acceptors (Lipinski definition) is 7. The van der Waals surface area contributed by atoms with Crippen molar-refractivity contribution in [3.63, 3.8) is 0 Å². The molecule has 0 atom stereocenters. The van der Waals surface area contributed by atoms with Crippen molar-refractivity contribution in [2.24, 2.45) is 0 Å². The molecule has 0 bridgehead atoms. The number of pyridine rings is 1. The maximum absolute atomic E-state index is 12.7. The van der Waals surface area contributed by atoms with Gasteiger partial charge >= 0.3 is 12.1 Å². The fourth-order valence-corrected chi connectivity index (χ4v) is 3.11. The van der Waals surface area contributed by atoms with Crippen LogP contribution in [0.25, 0.3) is 0 Å². The highest BCUT2D eigenvalue weighted by Gasteiger charge is 2.20. The number of benzene rings is 2. The Labute approximate surface area is 199 Å². The molecule has 8 heteroatoms. The molecule has 178 valence electrons. The normalized spacial score (nSPS) is 10.3. The van der Waals surface area contributed by atoms with E-state index in [9.17, 15) is 9.59 Å². The van der Waals surface area contributed by atoms with Crippen molar-refractivity contribution >= 4 is 17.9 Å². The molecule has 1 heterocycles. The summed E-state index contributed by atoms with van der Waals surface area (Å²) in [6, 6.07) is 21.9. The van der Waals surface area contributed by atoms with E-state index in [4.69, 9.17) is 14.2 Å². The first-order chi connectivity index (χ1) is 16.5. The molecule has 1 amide bonds. The summed E-state index contributed by atoms with van der Waals surface area (Å²) < 4.78 is 16.2. The third-order valence-electron chi connectivity index (χ3n) is 4.86. The average Bonchev–Trinajstić information content (AvgIpc) is 2.86. The van der Waals surface area contributed by atoms with Gasteiger partial charge in [0.15, 0.2) is 0 Å². The molecule has 34 heavy (non-hydrogen) atoms. The fourth-order valence-electron chi connectivity index (χ4n) is 3.11. The Morgan fingerprint density at radius 2 is 1.65 bits per heavy atom. The molecule has 3 rings (SSSR count). The molecular weight excluding hydrogens is 434 g/mol. The highest BCUT2D eigenvalue weighted by molar-refractivity contribution is 5.79. The van der Waals surface area contributed by atoms with Crippen molar-refractivity contribution in [3.05, 3.63) is 84.6 Å². The molecule has 0 N–H and O–H groups in total. The van der Waals surface area contributed by atoms with E-state index in [2.05, 4.69) is 4.98 Å². The number of aromatic nitrogens is 1. The minimum Gasteiger partial charge on any atom is -0.492 e. The maximum Gasteiger partial charge on any atom is 0.416 e. The number of amides is 1. The van der Waals surface area contributed by atoms with Gasteiger partial charge in [-0.05, 0) is 48.9 Å². The lowest BCUT2D eigenvalue weighted by molar-refractivity contribution is -0.144. The number of hydrogen-bond donors (Lipinski definition) is 0. The van der Waals surface area contributed by atoms with E-state index in [-0.39, 0.29) is 19.7 Å². The van der Waals surface area contributed by atoms with E-state index < -0.39 is 12.1 Å². The van der Waals surface area contributed by atoms with E-state index in [1.165, 1.54) is 4.90 Å². The lowest BCUT2D eigenvalue weighted by atomic mass is 10.2.